The average molecular weight is 335 g/mol. The Morgan fingerprint density at radius 1 is 0.880 bits per heavy atom. The summed E-state index contributed by atoms with van der Waals surface area (Å²) in [5.74, 6) is 2.24. The van der Waals surface area contributed by atoms with Gasteiger partial charge in [0.25, 0.3) is 0 Å². The third kappa shape index (κ3) is 3.74. The van der Waals surface area contributed by atoms with Crippen LogP contribution in [0.15, 0.2) is 48.5 Å². The van der Waals surface area contributed by atoms with E-state index in [2.05, 4.69) is 4.98 Å². The van der Waals surface area contributed by atoms with E-state index in [-0.39, 0.29) is 0 Å². The normalized spacial score (nSPS) is 11.0. The summed E-state index contributed by atoms with van der Waals surface area (Å²) in [7, 11) is 3.30. The third-order valence-electron chi connectivity index (χ3n) is 3.86. The van der Waals surface area contributed by atoms with Crippen molar-refractivity contribution >= 4 is 23.1 Å². The molecule has 4 heteroatoms. The Morgan fingerprint density at radius 2 is 1.72 bits per heavy atom. The molecule has 0 unspecified atom stereocenters. The van der Waals surface area contributed by atoms with Crippen LogP contribution in [-0.4, -0.2) is 25.8 Å². The minimum Gasteiger partial charge on any atom is -0.494 e. The minimum atomic E-state index is 0.606. The molecule has 4 nitrogen and oxygen atoms in total. The van der Waals surface area contributed by atoms with Crippen molar-refractivity contribution in [3.63, 3.8) is 0 Å². The molecule has 1 heterocycles. The van der Waals surface area contributed by atoms with E-state index >= 15 is 0 Å². The number of hydrogen-bond acceptors (Lipinski definition) is 4. The monoisotopic (exact) mass is 335 g/mol. The topological polar surface area (TPSA) is 40.6 Å². The molecule has 0 aliphatic carbocycles. The third-order valence-corrected chi connectivity index (χ3v) is 3.86. The molecule has 0 amide bonds. The molecule has 0 bridgehead atoms. The quantitative estimate of drug-likeness (QED) is 0.647. The minimum absolute atomic E-state index is 0.606. The summed E-state index contributed by atoms with van der Waals surface area (Å²) < 4.78 is 16.3. The second-order valence-corrected chi connectivity index (χ2v) is 5.44. The number of nitrogens with zero attached hydrogens (tertiary/aromatic N) is 1. The number of benzene rings is 2. The van der Waals surface area contributed by atoms with Crippen LogP contribution >= 0.6 is 0 Å². The van der Waals surface area contributed by atoms with Gasteiger partial charge in [-0.15, -0.1) is 0 Å². The van der Waals surface area contributed by atoms with Crippen molar-refractivity contribution in [3.8, 4) is 17.2 Å². The molecule has 0 saturated heterocycles. The lowest BCUT2D eigenvalue weighted by Crippen LogP contribution is -1.95. The summed E-state index contributed by atoms with van der Waals surface area (Å²) in [6.45, 7) is 2.56. The summed E-state index contributed by atoms with van der Waals surface area (Å²) >= 11 is 0. The van der Waals surface area contributed by atoms with Gasteiger partial charge in [-0.3, -0.25) is 0 Å². The maximum absolute atomic E-state index is 5.54. The smallest absolute Gasteiger partial charge is 0.161 e. The van der Waals surface area contributed by atoms with Gasteiger partial charge in [0, 0.05) is 5.39 Å². The first-order chi connectivity index (χ1) is 12.2. The number of ether oxygens (including phenoxy) is 3. The Hall–Kier alpha value is -3.01. The first kappa shape index (κ1) is 16.8. The maximum Gasteiger partial charge on any atom is 0.161 e. The highest BCUT2D eigenvalue weighted by molar-refractivity contribution is 5.86. The van der Waals surface area contributed by atoms with Gasteiger partial charge in [-0.05, 0) is 42.8 Å². The van der Waals surface area contributed by atoms with Crippen LogP contribution in [0.25, 0.3) is 23.1 Å². The Morgan fingerprint density at radius 3 is 2.48 bits per heavy atom. The van der Waals surface area contributed by atoms with Crippen molar-refractivity contribution in [3.05, 3.63) is 59.8 Å². The second-order valence-electron chi connectivity index (χ2n) is 5.44. The van der Waals surface area contributed by atoms with E-state index in [1.165, 1.54) is 0 Å². The molecular weight excluding hydrogens is 314 g/mol. The van der Waals surface area contributed by atoms with Crippen LogP contribution in [0.1, 0.15) is 18.2 Å². The van der Waals surface area contributed by atoms with Gasteiger partial charge >= 0.3 is 0 Å². The van der Waals surface area contributed by atoms with Crippen LogP contribution in [0, 0.1) is 0 Å². The molecule has 0 atom stereocenters. The number of pyridine rings is 1. The highest BCUT2D eigenvalue weighted by atomic mass is 16.5. The fourth-order valence-corrected chi connectivity index (χ4v) is 2.64. The largest absolute Gasteiger partial charge is 0.494 e. The lowest BCUT2D eigenvalue weighted by molar-refractivity contribution is 0.311. The first-order valence-electron chi connectivity index (χ1n) is 8.18. The van der Waals surface area contributed by atoms with E-state index in [9.17, 15) is 0 Å². The van der Waals surface area contributed by atoms with Gasteiger partial charge in [-0.1, -0.05) is 30.3 Å². The molecule has 3 aromatic rings. The summed E-state index contributed by atoms with van der Waals surface area (Å²) in [5, 5.41) is 1.05. The first-order valence-corrected chi connectivity index (χ1v) is 8.18. The van der Waals surface area contributed by atoms with E-state index in [0.29, 0.717) is 6.61 Å². The van der Waals surface area contributed by atoms with Crippen LogP contribution in [-0.2, 0) is 0 Å². The van der Waals surface area contributed by atoms with Crippen LogP contribution in [0.2, 0.25) is 0 Å². The van der Waals surface area contributed by atoms with Gasteiger partial charge < -0.3 is 14.2 Å². The number of fused-ring (bicyclic) bond motifs is 1. The standard InChI is InChI=1S/C21H21NO3/c1-4-25-18-13-9-15(14-20(18)24-3)8-11-17-12-10-16-6-5-7-19(23-2)21(16)22-17/h5-14H,4H2,1-3H3. The molecule has 0 spiro atoms. The zero-order chi connectivity index (χ0) is 17.6. The Kier molecular flexibility index (Phi) is 5.19. The molecule has 0 saturated carbocycles. The fraction of sp³-hybridized carbons (Fsp3) is 0.190. The summed E-state index contributed by atoms with van der Waals surface area (Å²) in [5.41, 5.74) is 2.74. The Bertz CT molecular complexity index is 903. The van der Waals surface area contributed by atoms with Gasteiger partial charge in [-0.25, -0.2) is 4.98 Å². The molecule has 0 radical (unpaired) electrons. The number of rotatable bonds is 6. The van der Waals surface area contributed by atoms with Gasteiger partial charge in [0.05, 0.1) is 26.5 Å². The van der Waals surface area contributed by atoms with E-state index in [1.807, 2.05) is 67.6 Å². The second kappa shape index (κ2) is 7.71. The molecule has 2 aromatic carbocycles. The van der Waals surface area contributed by atoms with Crippen LogP contribution < -0.4 is 14.2 Å². The van der Waals surface area contributed by atoms with Crippen molar-refractivity contribution in [2.24, 2.45) is 0 Å². The predicted octanol–water partition coefficient (Wildman–Crippen LogP) is 4.82. The van der Waals surface area contributed by atoms with Gasteiger partial charge in [-0.2, -0.15) is 0 Å². The van der Waals surface area contributed by atoms with E-state index in [1.54, 1.807) is 14.2 Å². The van der Waals surface area contributed by atoms with Gasteiger partial charge in [0.2, 0.25) is 0 Å². The summed E-state index contributed by atoms with van der Waals surface area (Å²) in [6.07, 6.45) is 3.98. The van der Waals surface area contributed by atoms with E-state index < -0.39 is 0 Å². The predicted molar refractivity (Wildman–Crippen MR) is 101 cm³/mol. The van der Waals surface area contributed by atoms with E-state index in [0.717, 1.165) is 39.4 Å². The van der Waals surface area contributed by atoms with Gasteiger partial charge in [0.1, 0.15) is 11.3 Å². The van der Waals surface area contributed by atoms with Crippen molar-refractivity contribution in [1.82, 2.24) is 4.98 Å². The zero-order valence-corrected chi connectivity index (χ0v) is 14.7. The van der Waals surface area contributed by atoms with Crippen LogP contribution in [0.5, 0.6) is 17.2 Å². The molecule has 25 heavy (non-hydrogen) atoms. The van der Waals surface area contributed by atoms with Crippen LogP contribution in [0.3, 0.4) is 0 Å². The summed E-state index contributed by atoms with van der Waals surface area (Å²) in [6, 6.07) is 15.8. The van der Waals surface area contributed by atoms with Crippen molar-refractivity contribution < 1.29 is 14.2 Å². The molecule has 0 aliphatic rings. The number of aromatic nitrogens is 1. The maximum atomic E-state index is 5.54. The molecule has 3 rings (SSSR count). The fourth-order valence-electron chi connectivity index (χ4n) is 2.64. The average Bonchev–Trinajstić information content (AvgIpc) is 2.66. The van der Waals surface area contributed by atoms with Crippen molar-refractivity contribution in [2.75, 3.05) is 20.8 Å². The zero-order valence-electron chi connectivity index (χ0n) is 14.7. The highest BCUT2D eigenvalue weighted by Gasteiger charge is 2.05. The molecule has 0 fully saturated rings. The SMILES string of the molecule is CCOc1ccc(C=Cc2ccc3cccc(OC)c3n2)cc1OC. The molecule has 0 aliphatic heterocycles. The number of para-hydroxylation sites is 1. The van der Waals surface area contributed by atoms with E-state index in [4.69, 9.17) is 14.2 Å². The lowest BCUT2D eigenvalue weighted by atomic mass is 10.1. The molecule has 1 aromatic heterocycles. The lowest BCUT2D eigenvalue weighted by Gasteiger charge is -2.09. The Labute approximate surface area is 147 Å². The number of methoxy groups -OCH3 is 2. The van der Waals surface area contributed by atoms with Crippen molar-refractivity contribution in [2.45, 2.75) is 6.92 Å². The van der Waals surface area contributed by atoms with Crippen LogP contribution in [0.4, 0.5) is 0 Å². The number of hydrogen-bond donors (Lipinski definition) is 0. The van der Waals surface area contributed by atoms with Crippen molar-refractivity contribution in [1.29, 1.82) is 0 Å². The molecule has 0 N–H and O–H groups in total. The molecular formula is C21H21NO3. The Balaban J connectivity index is 1.90. The molecule has 128 valence electrons. The van der Waals surface area contributed by atoms with Gasteiger partial charge in [0.15, 0.2) is 11.5 Å². The summed E-state index contributed by atoms with van der Waals surface area (Å²) in [4.78, 5) is 4.68. The highest BCUT2D eigenvalue weighted by Crippen LogP contribution is 2.29.